The average molecular weight is 546 g/mol. The third kappa shape index (κ3) is 5.63. The number of anilines is 1. The van der Waals surface area contributed by atoms with Crippen LogP contribution in [0.2, 0.25) is 0 Å². The molecule has 0 saturated carbocycles. The zero-order valence-electron chi connectivity index (χ0n) is 20.8. The van der Waals surface area contributed by atoms with Crippen LogP contribution in [0.25, 0.3) is 10.9 Å². The molecule has 35 heavy (non-hydrogen) atoms. The largest absolute Gasteiger partial charge is 0.497 e. The van der Waals surface area contributed by atoms with Gasteiger partial charge in [0.05, 0.1) is 31.2 Å². The molecular formula is C25H32BrN5O4. The second-order valence-corrected chi connectivity index (χ2v) is 10.3. The minimum atomic E-state index is -0.497. The lowest BCUT2D eigenvalue weighted by Gasteiger charge is -2.33. The van der Waals surface area contributed by atoms with E-state index in [1.807, 2.05) is 49.7 Å². The van der Waals surface area contributed by atoms with Crippen LogP contribution in [-0.4, -0.2) is 58.7 Å². The standard InChI is InChI=1S/C25H32BrN5O4/c1-25(2,3)35-24(32)30-12-9-17(10-13-30)31-19-8-11-27-23(21(19)22(26)29-31)28-15-16-6-7-18(33-4)14-20(16)34-5/h6-8,11,14,17H,9-10,12-13,15H2,1-5H3,(H,27,28). The summed E-state index contributed by atoms with van der Waals surface area (Å²) in [4.78, 5) is 18.8. The molecule has 0 atom stereocenters. The number of nitrogens with one attached hydrogen (secondary N) is 1. The molecule has 0 aliphatic carbocycles. The normalized spacial score (nSPS) is 14.7. The van der Waals surface area contributed by atoms with Gasteiger partial charge in [-0.15, -0.1) is 0 Å². The number of benzene rings is 1. The number of hydrogen-bond donors (Lipinski definition) is 1. The molecule has 1 fully saturated rings. The molecule has 1 N–H and O–H groups in total. The van der Waals surface area contributed by atoms with E-state index in [9.17, 15) is 4.79 Å². The maximum absolute atomic E-state index is 12.4. The number of carbonyl (C=O) groups is 1. The van der Waals surface area contributed by atoms with E-state index in [-0.39, 0.29) is 12.1 Å². The van der Waals surface area contributed by atoms with Crippen molar-refractivity contribution in [2.24, 2.45) is 0 Å². The predicted octanol–water partition coefficient (Wildman–Crippen LogP) is 5.40. The molecule has 1 aliphatic rings. The van der Waals surface area contributed by atoms with Crippen molar-refractivity contribution in [1.29, 1.82) is 0 Å². The Labute approximate surface area is 213 Å². The molecule has 188 valence electrons. The number of methoxy groups -OCH3 is 2. The smallest absolute Gasteiger partial charge is 0.410 e. The van der Waals surface area contributed by atoms with Crippen LogP contribution in [0.15, 0.2) is 35.1 Å². The van der Waals surface area contributed by atoms with Crippen molar-refractivity contribution < 1.29 is 19.0 Å². The third-order valence-electron chi connectivity index (χ3n) is 5.98. The highest BCUT2D eigenvalue weighted by molar-refractivity contribution is 9.10. The number of likely N-dealkylation sites (tertiary alicyclic amines) is 1. The van der Waals surface area contributed by atoms with Crippen molar-refractivity contribution in [3.8, 4) is 11.5 Å². The number of rotatable bonds is 6. The number of halogens is 1. The van der Waals surface area contributed by atoms with E-state index in [4.69, 9.17) is 19.3 Å². The SMILES string of the molecule is COc1ccc(CNc2nccc3c2c(Br)nn3C2CCN(C(=O)OC(C)(C)C)CC2)c(OC)c1. The van der Waals surface area contributed by atoms with Crippen LogP contribution in [0.3, 0.4) is 0 Å². The van der Waals surface area contributed by atoms with Crippen molar-refractivity contribution in [1.82, 2.24) is 19.7 Å². The van der Waals surface area contributed by atoms with Crippen molar-refractivity contribution in [2.45, 2.75) is 51.8 Å². The fourth-order valence-corrected chi connectivity index (χ4v) is 4.81. The lowest BCUT2D eigenvalue weighted by atomic mass is 10.1. The number of amides is 1. The number of ether oxygens (including phenoxy) is 3. The number of fused-ring (bicyclic) bond motifs is 1. The Balaban J connectivity index is 1.50. The molecule has 0 unspecified atom stereocenters. The fourth-order valence-electron chi connectivity index (χ4n) is 4.25. The summed E-state index contributed by atoms with van der Waals surface area (Å²) >= 11 is 3.64. The van der Waals surface area contributed by atoms with Crippen LogP contribution in [0, 0.1) is 0 Å². The van der Waals surface area contributed by atoms with Gasteiger partial charge >= 0.3 is 6.09 Å². The van der Waals surface area contributed by atoms with Gasteiger partial charge in [-0.25, -0.2) is 9.78 Å². The average Bonchev–Trinajstić information content (AvgIpc) is 3.18. The Kier molecular flexibility index (Phi) is 7.39. The summed E-state index contributed by atoms with van der Waals surface area (Å²) in [5.41, 5.74) is 1.49. The predicted molar refractivity (Wildman–Crippen MR) is 138 cm³/mol. The van der Waals surface area contributed by atoms with Gasteiger partial charge in [0.1, 0.15) is 27.5 Å². The van der Waals surface area contributed by atoms with Gasteiger partial charge in [0, 0.05) is 37.5 Å². The highest BCUT2D eigenvalue weighted by Gasteiger charge is 2.29. The van der Waals surface area contributed by atoms with Gasteiger partial charge in [-0.3, -0.25) is 4.68 Å². The van der Waals surface area contributed by atoms with Crippen molar-refractivity contribution in [3.05, 3.63) is 40.6 Å². The van der Waals surface area contributed by atoms with Gasteiger partial charge in [-0.2, -0.15) is 5.10 Å². The second kappa shape index (κ2) is 10.3. The molecule has 1 aromatic carbocycles. The van der Waals surface area contributed by atoms with E-state index in [0.29, 0.717) is 19.6 Å². The number of hydrogen-bond acceptors (Lipinski definition) is 7. The van der Waals surface area contributed by atoms with Crippen LogP contribution >= 0.6 is 15.9 Å². The van der Waals surface area contributed by atoms with E-state index in [0.717, 1.165) is 51.2 Å². The van der Waals surface area contributed by atoms with E-state index in [2.05, 4.69) is 26.2 Å². The van der Waals surface area contributed by atoms with Crippen LogP contribution < -0.4 is 14.8 Å². The quantitative estimate of drug-likeness (QED) is 0.443. The second-order valence-electron chi connectivity index (χ2n) is 9.52. The summed E-state index contributed by atoms with van der Waals surface area (Å²) in [5.74, 6) is 2.23. The Morgan fingerprint density at radius 3 is 2.57 bits per heavy atom. The fraction of sp³-hybridized carbons (Fsp3) is 0.480. The Morgan fingerprint density at radius 1 is 1.17 bits per heavy atom. The molecule has 1 aliphatic heterocycles. The molecule has 2 aromatic heterocycles. The zero-order chi connectivity index (χ0) is 25.2. The molecule has 0 radical (unpaired) electrons. The number of nitrogens with zero attached hydrogens (tertiary/aromatic N) is 4. The van der Waals surface area contributed by atoms with Gasteiger partial charge < -0.3 is 24.4 Å². The highest BCUT2D eigenvalue weighted by atomic mass is 79.9. The van der Waals surface area contributed by atoms with Crippen LogP contribution in [-0.2, 0) is 11.3 Å². The molecule has 0 bridgehead atoms. The van der Waals surface area contributed by atoms with Crippen LogP contribution in [0.4, 0.5) is 10.6 Å². The molecule has 3 heterocycles. The summed E-state index contributed by atoms with van der Waals surface area (Å²) < 4.78 is 19.1. The maximum Gasteiger partial charge on any atom is 0.410 e. The monoisotopic (exact) mass is 545 g/mol. The summed E-state index contributed by atoms with van der Waals surface area (Å²) in [5, 5.41) is 9.15. The first-order valence-corrected chi connectivity index (χ1v) is 12.4. The van der Waals surface area contributed by atoms with Gasteiger partial charge in [-0.1, -0.05) is 0 Å². The number of carbonyl (C=O) groups excluding carboxylic acids is 1. The molecular weight excluding hydrogens is 514 g/mol. The minimum Gasteiger partial charge on any atom is -0.497 e. The summed E-state index contributed by atoms with van der Waals surface area (Å²) in [6.45, 7) is 7.45. The lowest BCUT2D eigenvalue weighted by Crippen LogP contribution is -2.42. The molecule has 0 spiro atoms. The van der Waals surface area contributed by atoms with Gasteiger partial charge in [0.2, 0.25) is 0 Å². The molecule has 1 saturated heterocycles. The first kappa shape index (κ1) is 25.1. The van der Waals surface area contributed by atoms with E-state index in [1.54, 1.807) is 25.3 Å². The summed E-state index contributed by atoms with van der Waals surface area (Å²) in [6, 6.07) is 7.90. The molecule has 9 nitrogen and oxygen atoms in total. The number of aromatic nitrogens is 3. The number of piperidine rings is 1. The first-order valence-electron chi connectivity index (χ1n) is 11.7. The van der Waals surface area contributed by atoms with E-state index >= 15 is 0 Å². The van der Waals surface area contributed by atoms with Crippen molar-refractivity contribution >= 4 is 38.7 Å². The Bertz CT molecular complexity index is 1200. The highest BCUT2D eigenvalue weighted by Crippen LogP contribution is 2.34. The summed E-state index contributed by atoms with van der Waals surface area (Å²) in [6.07, 6.45) is 3.14. The Morgan fingerprint density at radius 2 is 1.91 bits per heavy atom. The van der Waals surface area contributed by atoms with E-state index in [1.165, 1.54) is 0 Å². The van der Waals surface area contributed by atoms with Gasteiger partial charge in [-0.05, 0) is 67.7 Å². The van der Waals surface area contributed by atoms with Gasteiger partial charge in [0.25, 0.3) is 0 Å². The number of pyridine rings is 1. The Hall–Kier alpha value is -3.01. The topological polar surface area (TPSA) is 90.7 Å². The summed E-state index contributed by atoms with van der Waals surface area (Å²) in [7, 11) is 3.28. The van der Waals surface area contributed by atoms with Gasteiger partial charge in [0.15, 0.2) is 0 Å². The molecule has 10 heteroatoms. The third-order valence-corrected chi connectivity index (χ3v) is 6.54. The van der Waals surface area contributed by atoms with E-state index < -0.39 is 5.60 Å². The van der Waals surface area contributed by atoms with Crippen LogP contribution in [0.1, 0.15) is 45.2 Å². The molecule has 1 amide bonds. The zero-order valence-corrected chi connectivity index (χ0v) is 22.4. The molecule has 3 aromatic rings. The molecule has 4 rings (SSSR count). The van der Waals surface area contributed by atoms with Crippen LogP contribution in [0.5, 0.6) is 11.5 Å². The van der Waals surface area contributed by atoms with Crippen molar-refractivity contribution in [2.75, 3.05) is 32.6 Å². The van der Waals surface area contributed by atoms with Crippen molar-refractivity contribution in [3.63, 3.8) is 0 Å². The minimum absolute atomic E-state index is 0.180. The first-order chi connectivity index (χ1) is 16.7. The maximum atomic E-state index is 12.4. The lowest BCUT2D eigenvalue weighted by molar-refractivity contribution is 0.0186.